The van der Waals surface area contributed by atoms with Crippen molar-refractivity contribution in [3.63, 3.8) is 0 Å². The Morgan fingerprint density at radius 1 is 1.30 bits per heavy atom. The van der Waals surface area contributed by atoms with Crippen molar-refractivity contribution >= 4 is 0 Å². The minimum absolute atomic E-state index is 0.0625. The van der Waals surface area contributed by atoms with E-state index in [1.807, 2.05) is 0 Å². The van der Waals surface area contributed by atoms with E-state index in [4.69, 9.17) is 4.52 Å². The van der Waals surface area contributed by atoms with Crippen LogP contribution < -0.4 is 0 Å². The second-order valence-corrected chi connectivity index (χ2v) is 6.27. The van der Waals surface area contributed by atoms with Crippen LogP contribution >= 0.6 is 0 Å². The second-order valence-electron chi connectivity index (χ2n) is 6.27. The molecule has 2 aromatic rings. The van der Waals surface area contributed by atoms with Crippen LogP contribution in [-0.4, -0.2) is 20.2 Å². The van der Waals surface area contributed by atoms with Crippen LogP contribution in [0.25, 0.3) is 11.6 Å². The fraction of sp³-hybridized carbons (Fsp3) is 0.533. The van der Waals surface area contributed by atoms with E-state index in [1.165, 1.54) is 12.8 Å². The van der Waals surface area contributed by atoms with Gasteiger partial charge < -0.3 is 9.63 Å². The van der Waals surface area contributed by atoms with Crippen LogP contribution in [0.15, 0.2) is 22.9 Å². The topological polar surface area (TPSA) is 72.0 Å². The lowest BCUT2D eigenvalue weighted by Gasteiger charge is -2.32. The molecule has 2 aromatic heterocycles. The number of hydrogen-bond donors (Lipinski definition) is 1. The Kier molecular flexibility index (Phi) is 3.20. The highest BCUT2D eigenvalue weighted by Gasteiger charge is 2.30. The summed E-state index contributed by atoms with van der Waals surface area (Å²) in [7, 11) is 0. The highest BCUT2D eigenvalue weighted by atomic mass is 16.5. The molecular formula is C15H19N3O2. The van der Waals surface area contributed by atoms with Crippen LogP contribution in [0.2, 0.25) is 0 Å². The molecule has 20 heavy (non-hydrogen) atoms. The molecule has 1 aliphatic rings. The molecule has 5 nitrogen and oxygen atoms in total. The molecule has 1 saturated carbocycles. The lowest BCUT2D eigenvalue weighted by atomic mass is 9.73. The maximum atomic E-state index is 9.76. The van der Waals surface area contributed by atoms with Gasteiger partial charge in [-0.3, -0.25) is 0 Å². The van der Waals surface area contributed by atoms with Crippen molar-refractivity contribution < 1.29 is 9.63 Å². The van der Waals surface area contributed by atoms with E-state index in [0.717, 1.165) is 18.7 Å². The van der Waals surface area contributed by atoms with Crippen molar-refractivity contribution in [2.24, 2.45) is 5.41 Å². The number of aromatic hydroxyl groups is 1. The average Bonchev–Trinajstić information content (AvgIpc) is 2.88. The second kappa shape index (κ2) is 4.89. The van der Waals surface area contributed by atoms with Crippen molar-refractivity contribution in [1.82, 2.24) is 15.1 Å². The molecule has 1 N–H and O–H groups in total. The Labute approximate surface area is 118 Å². The van der Waals surface area contributed by atoms with Gasteiger partial charge in [0.1, 0.15) is 5.75 Å². The summed E-state index contributed by atoms with van der Waals surface area (Å²) in [6.45, 7) is 4.60. The van der Waals surface area contributed by atoms with Gasteiger partial charge in [-0.15, -0.1) is 0 Å². The third-order valence-corrected chi connectivity index (χ3v) is 4.14. The van der Waals surface area contributed by atoms with Crippen molar-refractivity contribution in [3.05, 3.63) is 24.2 Å². The SMILES string of the molecule is CC1(C)CCC(c2noc(-c3ncccc3O)n2)CC1. The summed E-state index contributed by atoms with van der Waals surface area (Å²) in [4.78, 5) is 8.50. The fourth-order valence-electron chi connectivity index (χ4n) is 2.72. The lowest BCUT2D eigenvalue weighted by molar-refractivity contribution is 0.218. The van der Waals surface area contributed by atoms with Gasteiger partial charge in [0.15, 0.2) is 11.5 Å². The average molecular weight is 273 g/mol. The molecule has 0 amide bonds. The lowest BCUT2D eigenvalue weighted by Crippen LogP contribution is -2.20. The molecule has 2 heterocycles. The zero-order valence-electron chi connectivity index (χ0n) is 11.8. The van der Waals surface area contributed by atoms with Crippen LogP contribution in [0.1, 0.15) is 51.3 Å². The van der Waals surface area contributed by atoms with E-state index in [0.29, 0.717) is 22.9 Å². The molecule has 0 spiro atoms. The fourth-order valence-corrected chi connectivity index (χ4v) is 2.72. The summed E-state index contributed by atoms with van der Waals surface area (Å²) in [6.07, 6.45) is 6.12. The molecule has 0 saturated heterocycles. The minimum atomic E-state index is 0.0625. The van der Waals surface area contributed by atoms with Gasteiger partial charge in [0, 0.05) is 12.1 Å². The van der Waals surface area contributed by atoms with Gasteiger partial charge in [-0.25, -0.2) is 4.98 Å². The number of rotatable bonds is 2. The zero-order chi connectivity index (χ0) is 14.2. The molecule has 0 radical (unpaired) electrons. The predicted octanol–water partition coefficient (Wildman–Crippen LogP) is 3.52. The van der Waals surface area contributed by atoms with Crippen LogP contribution in [0.4, 0.5) is 0 Å². The number of pyridine rings is 1. The van der Waals surface area contributed by atoms with Crippen LogP contribution in [0, 0.1) is 5.41 Å². The Bertz CT molecular complexity index is 597. The maximum absolute atomic E-state index is 9.76. The number of nitrogens with zero attached hydrogens (tertiary/aromatic N) is 3. The first kappa shape index (κ1) is 13.1. The van der Waals surface area contributed by atoms with E-state index < -0.39 is 0 Å². The summed E-state index contributed by atoms with van der Waals surface area (Å²) in [5, 5.41) is 13.8. The summed E-state index contributed by atoms with van der Waals surface area (Å²) in [5.74, 6) is 1.45. The summed E-state index contributed by atoms with van der Waals surface area (Å²) in [5.41, 5.74) is 0.768. The minimum Gasteiger partial charge on any atom is -0.505 e. The first-order chi connectivity index (χ1) is 9.55. The van der Waals surface area contributed by atoms with Crippen molar-refractivity contribution in [3.8, 4) is 17.3 Å². The van der Waals surface area contributed by atoms with Crippen molar-refractivity contribution in [2.75, 3.05) is 0 Å². The Balaban J connectivity index is 1.80. The molecule has 1 fully saturated rings. The summed E-state index contributed by atoms with van der Waals surface area (Å²) >= 11 is 0. The van der Waals surface area contributed by atoms with Gasteiger partial charge in [0.25, 0.3) is 5.89 Å². The van der Waals surface area contributed by atoms with Gasteiger partial charge in [-0.2, -0.15) is 4.98 Å². The largest absolute Gasteiger partial charge is 0.505 e. The first-order valence-electron chi connectivity index (χ1n) is 7.03. The normalized spacial score (nSPS) is 19.1. The van der Waals surface area contributed by atoms with E-state index in [9.17, 15) is 5.11 Å². The van der Waals surface area contributed by atoms with E-state index in [-0.39, 0.29) is 5.75 Å². The van der Waals surface area contributed by atoms with E-state index in [1.54, 1.807) is 18.3 Å². The third-order valence-electron chi connectivity index (χ3n) is 4.14. The molecule has 0 aromatic carbocycles. The van der Waals surface area contributed by atoms with Crippen LogP contribution in [0.3, 0.4) is 0 Å². The predicted molar refractivity (Wildman–Crippen MR) is 74.2 cm³/mol. The van der Waals surface area contributed by atoms with Gasteiger partial charge in [0.2, 0.25) is 0 Å². The monoisotopic (exact) mass is 273 g/mol. The van der Waals surface area contributed by atoms with Crippen molar-refractivity contribution in [2.45, 2.75) is 45.4 Å². The summed E-state index contributed by atoms with van der Waals surface area (Å²) in [6, 6.07) is 3.23. The molecule has 3 rings (SSSR count). The maximum Gasteiger partial charge on any atom is 0.280 e. The molecule has 1 aliphatic carbocycles. The highest BCUT2D eigenvalue weighted by Crippen LogP contribution is 2.41. The zero-order valence-corrected chi connectivity index (χ0v) is 11.8. The standard InChI is InChI=1S/C15H19N3O2/c1-15(2)7-5-10(6-8-15)13-17-14(20-18-13)12-11(19)4-3-9-16-12/h3-4,9-10,19H,5-8H2,1-2H3. The van der Waals surface area contributed by atoms with Gasteiger partial charge in [-0.1, -0.05) is 19.0 Å². The molecular weight excluding hydrogens is 254 g/mol. The van der Waals surface area contributed by atoms with Gasteiger partial charge in [0.05, 0.1) is 0 Å². The third kappa shape index (κ3) is 2.53. The smallest absolute Gasteiger partial charge is 0.280 e. The molecule has 106 valence electrons. The van der Waals surface area contributed by atoms with Crippen LogP contribution in [-0.2, 0) is 0 Å². The number of hydrogen-bond acceptors (Lipinski definition) is 5. The molecule has 0 bridgehead atoms. The molecule has 0 aliphatic heterocycles. The van der Waals surface area contributed by atoms with E-state index in [2.05, 4.69) is 29.0 Å². The number of aromatic nitrogens is 3. The Morgan fingerprint density at radius 2 is 2.05 bits per heavy atom. The van der Waals surface area contributed by atoms with Gasteiger partial charge >= 0.3 is 0 Å². The highest BCUT2D eigenvalue weighted by molar-refractivity contribution is 5.55. The molecule has 5 heteroatoms. The Morgan fingerprint density at radius 3 is 2.75 bits per heavy atom. The summed E-state index contributed by atoms with van der Waals surface area (Å²) < 4.78 is 5.25. The van der Waals surface area contributed by atoms with Crippen LogP contribution in [0.5, 0.6) is 5.75 Å². The quantitative estimate of drug-likeness (QED) is 0.906. The molecule has 0 atom stereocenters. The van der Waals surface area contributed by atoms with E-state index >= 15 is 0 Å². The first-order valence-corrected chi connectivity index (χ1v) is 7.03. The molecule has 0 unspecified atom stereocenters. The van der Waals surface area contributed by atoms with Crippen molar-refractivity contribution in [1.29, 1.82) is 0 Å². The Hall–Kier alpha value is -1.91. The van der Waals surface area contributed by atoms with Gasteiger partial charge in [-0.05, 0) is 43.2 Å².